The van der Waals surface area contributed by atoms with Crippen molar-refractivity contribution in [3.8, 4) is 0 Å². The molecule has 0 atom stereocenters. The van der Waals surface area contributed by atoms with E-state index in [2.05, 4.69) is 9.97 Å². The van der Waals surface area contributed by atoms with E-state index in [0.717, 1.165) is 23.4 Å². The van der Waals surface area contributed by atoms with Crippen molar-refractivity contribution in [3.05, 3.63) is 17.1 Å². The quantitative estimate of drug-likeness (QED) is 0.689. The van der Waals surface area contributed by atoms with Crippen LogP contribution in [0.3, 0.4) is 0 Å². The van der Waals surface area contributed by atoms with Crippen molar-refractivity contribution in [2.75, 3.05) is 12.0 Å². The number of aryl methyl sites for hydroxylation is 2. The number of thioether (sulfide) groups is 1. The lowest BCUT2D eigenvalue weighted by molar-refractivity contribution is 0.595. The fraction of sp³-hybridized carbons (Fsp3) is 0.556. The normalized spacial score (nSPS) is 16.1. The topological polar surface area (TPSA) is 59.9 Å². The molecule has 0 saturated heterocycles. The molecule has 2 rings (SSSR count). The van der Waals surface area contributed by atoms with Gasteiger partial charge < -0.3 is 0 Å². The predicted molar refractivity (Wildman–Crippen MR) is 59.7 cm³/mol. The third-order valence-electron chi connectivity index (χ3n) is 2.25. The highest BCUT2D eigenvalue weighted by molar-refractivity contribution is 7.98. The minimum Gasteiger partial charge on any atom is -0.238 e. The third kappa shape index (κ3) is 2.15. The van der Waals surface area contributed by atoms with E-state index >= 15 is 0 Å². The second kappa shape index (κ2) is 3.75. The van der Waals surface area contributed by atoms with Crippen LogP contribution in [0.2, 0.25) is 0 Å². The minimum absolute atomic E-state index is 0.220. The molecule has 1 aliphatic heterocycles. The van der Waals surface area contributed by atoms with Gasteiger partial charge in [-0.25, -0.2) is 18.4 Å². The lowest BCUT2D eigenvalue weighted by Gasteiger charge is -2.17. The molecule has 0 aliphatic carbocycles. The summed E-state index contributed by atoms with van der Waals surface area (Å²) in [7, 11) is -3.23. The van der Waals surface area contributed by atoms with Crippen LogP contribution in [0.15, 0.2) is 5.03 Å². The standard InChI is InChI=1S/C9H12N2O2S2/c1-6-10-8-3-4-14-5-7(8)9(11-6)15(2,12)13/h3-5H2,1-2H3. The molecular weight excluding hydrogens is 232 g/mol. The maximum Gasteiger partial charge on any atom is 0.193 e. The van der Waals surface area contributed by atoms with Crippen LogP contribution in [0.4, 0.5) is 0 Å². The number of rotatable bonds is 1. The van der Waals surface area contributed by atoms with Gasteiger partial charge in [0.25, 0.3) is 0 Å². The summed E-state index contributed by atoms with van der Waals surface area (Å²) >= 11 is 1.73. The van der Waals surface area contributed by atoms with Crippen molar-refractivity contribution in [2.24, 2.45) is 0 Å². The fourth-order valence-corrected chi connectivity index (χ4v) is 3.64. The number of hydrogen-bond donors (Lipinski definition) is 0. The maximum atomic E-state index is 11.6. The van der Waals surface area contributed by atoms with E-state index in [0.29, 0.717) is 11.6 Å². The Bertz CT molecular complexity index is 497. The van der Waals surface area contributed by atoms with Gasteiger partial charge >= 0.3 is 0 Å². The molecule has 0 unspecified atom stereocenters. The molecule has 0 spiro atoms. The summed E-state index contributed by atoms with van der Waals surface area (Å²) in [5.41, 5.74) is 1.71. The van der Waals surface area contributed by atoms with Crippen LogP contribution in [0.25, 0.3) is 0 Å². The molecule has 0 radical (unpaired) electrons. The van der Waals surface area contributed by atoms with Crippen LogP contribution in [0, 0.1) is 6.92 Å². The number of nitrogens with zero attached hydrogens (tertiary/aromatic N) is 2. The monoisotopic (exact) mass is 244 g/mol. The van der Waals surface area contributed by atoms with Gasteiger partial charge in [0.15, 0.2) is 14.9 Å². The fourth-order valence-electron chi connectivity index (χ4n) is 1.63. The van der Waals surface area contributed by atoms with Crippen molar-refractivity contribution < 1.29 is 8.42 Å². The number of sulfone groups is 1. The van der Waals surface area contributed by atoms with Gasteiger partial charge in [-0.2, -0.15) is 11.8 Å². The van der Waals surface area contributed by atoms with Crippen LogP contribution in [0.5, 0.6) is 0 Å². The summed E-state index contributed by atoms with van der Waals surface area (Å²) in [6.45, 7) is 1.73. The first-order valence-electron chi connectivity index (χ1n) is 4.62. The van der Waals surface area contributed by atoms with Crippen molar-refractivity contribution >= 4 is 21.6 Å². The zero-order chi connectivity index (χ0) is 11.1. The van der Waals surface area contributed by atoms with Gasteiger partial charge in [-0.15, -0.1) is 0 Å². The van der Waals surface area contributed by atoms with Gasteiger partial charge in [0.2, 0.25) is 0 Å². The molecule has 0 saturated carbocycles. The van der Waals surface area contributed by atoms with Gasteiger partial charge in [0, 0.05) is 17.6 Å². The molecule has 1 aliphatic rings. The summed E-state index contributed by atoms with van der Waals surface area (Å²) in [6.07, 6.45) is 2.04. The van der Waals surface area contributed by atoms with E-state index in [1.165, 1.54) is 6.26 Å². The van der Waals surface area contributed by atoms with E-state index in [1.54, 1.807) is 18.7 Å². The number of aromatic nitrogens is 2. The van der Waals surface area contributed by atoms with Crippen LogP contribution in [-0.2, 0) is 22.0 Å². The summed E-state index contributed by atoms with van der Waals surface area (Å²) in [5.74, 6) is 2.26. The Morgan fingerprint density at radius 3 is 2.73 bits per heavy atom. The Hall–Kier alpha value is -0.620. The van der Waals surface area contributed by atoms with Gasteiger partial charge in [0.1, 0.15) is 5.82 Å². The van der Waals surface area contributed by atoms with Crippen molar-refractivity contribution in [2.45, 2.75) is 24.1 Å². The first kappa shape index (κ1) is 10.9. The first-order valence-corrected chi connectivity index (χ1v) is 7.67. The molecule has 82 valence electrons. The second-order valence-electron chi connectivity index (χ2n) is 3.58. The highest BCUT2D eigenvalue weighted by Crippen LogP contribution is 2.27. The summed E-state index contributed by atoms with van der Waals surface area (Å²) in [6, 6.07) is 0. The van der Waals surface area contributed by atoms with Gasteiger partial charge in [-0.05, 0) is 19.1 Å². The first-order chi connectivity index (χ1) is 6.98. The van der Waals surface area contributed by atoms with E-state index in [9.17, 15) is 8.42 Å². The largest absolute Gasteiger partial charge is 0.238 e. The summed E-state index contributed by atoms with van der Waals surface area (Å²) in [5, 5.41) is 0.220. The van der Waals surface area contributed by atoms with Crippen molar-refractivity contribution in [1.29, 1.82) is 0 Å². The number of fused-ring (bicyclic) bond motifs is 1. The third-order valence-corrected chi connectivity index (χ3v) is 4.27. The number of hydrogen-bond acceptors (Lipinski definition) is 5. The molecular formula is C9H12N2O2S2. The lowest BCUT2D eigenvalue weighted by Crippen LogP contribution is -2.15. The van der Waals surface area contributed by atoms with Crippen LogP contribution in [-0.4, -0.2) is 30.4 Å². The minimum atomic E-state index is -3.23. The average molecular weight is 244 g/mol. The highest BCUT2D eigenvalue weighted by atomic mass is 32.2. The van der Waals surface area contributed by atoms with Crippen molar-refractivity contribution in [1.82, 2.24) is 9.97 Å². The Morgan fingerprint density at radius 2 is 2.07 bits per heavy atom. The molecule has 2 heterocycles. The van der Waals surface area contributed by atoms with E-state index in [4.69, 9.17) is 0 Å². The Labute approximate surface area is 93.4 Å². The van der Waals surface area contributed by atoms with Crippen LogP contribution >= 0.6 is 11.8 Å². The molecule has 6 heteroatoms. The maximum absolute atomic E-state index is 11.6. The molecule has 1 aromatic heterocycles. The van der Waals surface area contributed by atoms with E-state index in [1.807, 2.05) is 0 Å². The Morgan fingerprint density at radius 1 is 1.33 bits per heavy atom. The van der Waals surface area contributed by atoms with E-state index < -0.39 is 9.84 Å². The molecule has 4 nitrogen and oxygen atoms in total. The van der Waals surface area contributed by atoms with Crippen LogP contribution in [0.1, 0.15) is 17.1 Å². The summed E-state index contributed by atoms with van der Waals surface area (Å²) < 4.78 is 23.1. The second-order valence-corrected chi connectivity index (χ2v) is 6.61. The molecule has 0 N–H and O–H groups in total. The smallest absolute Gasteiger partial charge is 0.193 e. The van der Waals surface area contributed by atoms with Crippen molar-refractivity contribution in [3.63, 3.8) is 0 Å². The molecule has 0 bridgehead atoms. The van der Waals surface area contributed by atoms with Gasteiger partial charge in [0.05, 0.1) is 5.69 Å². The summed E-state index contributed by atoms with van der Waals surface area (Å²) in [4.78, 5) is 8.34. The van der Waals surface area contributed by atoms with Crippen LogP contribution < -0.4 is 0 Å². The van der Waals surface area contributed by atoms with Gasteiger partial charge in [-0.3, -0.25) is 0 Å². The zero-order valence-electron chi connectivity index (χ0n) is 8.65. The Kier molecular flexibility index (Phi) is 2.72. The predicted octanol–water partition coefficient (Wildman–Crippen LogP) is 0.978. The molecule has 15 heavy (non-hydrogen) atoms. The zero-order valence-corrected chi connectivity index (χ0v) is 10.3. The van der Waals surface area contributed by atoms with Gasteiger partial charge in [-0.1, -0.05) is 0 Å². The lowest BCUT2D eigenvalue weighted by atomic mass is 10.2. The molecule has 0 fully saturated rings. The highest BCUT2D eigenvalue weighted by Gasteiger charge is 2.22. The van der Waals surface area contributed by atoms with E-state index in [-0.39, 0.29) is 5.03 Å². The SMILES string of the molecule is Cc1nc2c(c(S(C)(=O)=O)n1)CSCC2. The Balaban J connectivity index is 2.68. The molecule has 1 aromatic rings. The molecule has 0 amide bonds. The molecule has 0 aromatic carbocycles. The average Bonchev–Trinajstić information content (AvgIpc) is 2.15.